The molecule has 4 heteroatoms. The molecule has 1 fully saturated rings. The molecule has 20 heavy (non-hydrogen) atoms. The van der Waals surface area contributed by atoms with Crippen molar-refractivity contribution in [2.24, 2.45) is 5.73 Å². The molecule has 0 bridgehead atoms. The van der Waals surface area contributed by atoms with Crippen LogP contribution < -0.4 is 5.73 Å². The van der Waals surface area contributed by atoms with E-state index in [2.05, 4.69) is 11.8 Å². The van der Waals surface area contributed by atoms with Crippen molar-refractivity contribution in [3.63, 3.8) is 0 Å². The Hall–Kier alpha value is -1.10. The second kappa shape index (κ2) is 5.72. The Bertz CT molecular complexity index is 484. The van der Waals surface area contributed by atoms with Crippen LogP contribution in [-0.4, -0.2) is 42.3 Å². The summed E-state index contributed by atoms with van der Waals surface area (Å²) in [4.78, 5) is 2.45. The lowest BCUT2D eigenvalue weighted by molar-refractivity contribution is -0.0350. The molecular formula is C16H24N2O2. The topological polar surface area (TPSA) is 58.7 Å². The molecule has 4 nitrogen and oxygen atoms in total. The highest BCUT2D eigenvalue weighted by molar-refractivity contribution is 5.47. The van der Waals surface area contributed by atoms with Gasteiger partial charge >= 0.3 is 0 Å². The van der Waals surface area contributed by atoms with Gasteiger partial charge in [0, 0.05) is 25.1 Å². The third kappa shape index (κ3) is 2.55. The lowest BCUT2D eigenvalue weighted by atomic mass is 9.89. The van der Waals surface area contributed by atoms with Crippen LogP contribution >= 0.6 is 0 Å². The number of ether oxygens (including phenoxy) is 1. The molecule has 0 amide bonds. The first-order chi connectivity index (χ1) is 9.69. The molecule has 0 unspecified atom stereocenters. The average molecular weight is 276 g/mol. The summed E-state index contributed by atoms with van der Waals surface area (Å²) in [6.07, 6.45) is 3.41. The molecule has 3 N–H and O–H groups in total. The quantitative estimate of drug-likeness (QED) is 0.883. The molecule has 0 spiro atoms. The van der Waals surface area contributed by atoms with E-state index in [-0.39, 0.29) is 12.2 Å². The van der Waals surface area contributed by atoms with Crippen molar-refractivity contribution >= 4 is 0 Å². The van der Waals surface area contributed by atoms with Gasteiger partial charge < -0.3 is 20.5 Å². The van der Waals surface area contributed by atoms with Crippen molar-refractivity contribution in [2.45, 2.75) is 38.4 Å². The second-order valence-corrected chi connectivity index (χ2v) is 5.99. The normalized spacial score (nSPS) is 26.7. The Balaban J connectivity index is 1.83. The summed E-state index contributed by atoms with van der Waals surface area (Å²) >= 11 is 0. The number of rotatable bonds is 3. The number of fused-ring (bicyclic) bond motifs is 1. The standard InChI is InChI=1S/C16H24N2O2/c1-11-4-5-14(19)13-8-12(10-18-6-2-3-7-18)20-15(9-17)16(11)13/h4-5,12,15,19H,2-3,6-10,17H2,1H3/t12-,15-/m0/s1. The molecule has 0 radical (unpaired) electrons. The van der Waals surface area contributed by atoms with Crippen LogP contribution in [0.5, 0.6) is 5.75 Å². The molecule has 0 aliphatic carbocycles. The Morgan fingerprint density at radius 3 is 2.80 bits per heavy atom. The van der Waals surface area contributed by atoms with E-state index in [1.165, 1.54) is 25.9 Å². The third-order valence-corrected chi connectivity index (χ3v) is 4.54. The largest absolute Gasteiger partial charge is 0.508 e. The van der Waals surface area contributed by atoms with Crippen LogP contribution in [0.3, 0.4) is 0 Å². The summed E-state index contributed by atoms with van der Waals surface area (Å²) in [5.74, 6) is 0.388. The first-order valence-corrected chi connectivity index (χ1v) is 7.58. The van der Waals surface area contributed by atoms with Crippen LogP contribution in [0.25, 0.3) is 0 Å². The SMILES string of the molecule is Cc1ccc(O)c2c1[C@H](CN)O[C@H](CN1CCCC1)C2. The number of aryl methyl sites for hydroxylation is 1. The van der Waals surface area contributed by atoms with Crippen molar-refractivity contribution in [2.75, 3.05) is 26.2 Å². The first-order valence-electron chi connectivity index (χ1n) is 7.58. The zero-order valence-corrected chi connectivity index (χ0v) is 12.1. The summed E-state index contributed by atoms with van der Waals surface area (Å²) < 4.78 is 6.18. The van der Waals surface area contributed by atoms with Crippen molar-refractivity contribution in [3.05, 3.63) is 28.8 Å². The summed E-state index contributed by atoms with van der Waals surface area (Å²) in [5, 5.41) is 10.2. The molecule has 0 saturated carbocycles. The predicted octanol–water partition coefficient (Wildman–Crippen LogP) is 1.74. The number of likely N-dealkylation sites (tertiary alicyclic amines) is 1. The minimum atomic E-state index is -0.0848. The zero-order chi connectivity index (χ0) is 14.1. The molecule has 1 saturated heterocycles. The van der Waals surface area contributed by atoms with Crippen molar-refractivity contribution in [3.8, 4) is 5.75 Å². The number of hydrogen-bond donors (Lipinski definition) is 2. The van der Waals surface area contributed by atoms with Gasteiger partial charge in [0.1, 0.15) is 5.75 Å². The summed E-state index contributed by atoms with van der Waals surface area (Å²) in [7, 11) is 0. The maximum Gasteiger partial charge on any atom is 0.119 e. The number of hydrogen-bond acceptors (Lipinski definition) is 4. The number of benzene rings is 1. The van der Waals surface area contributed by atoms with Gasteiger partial charge in [-0.05, 0) is 50.0 Å². The summed E-state index contributed by atoms with van der Waals surface area (Å²) in [6.45, 7) is 5.81. The molecule has 0 aromatic heterocycles. The zero-order valence-electron chi connectivity index (χ0n) is 12.1. The Morgan fingerprint density at radius 1 is 1.35 bits per heavy atom. The number of nitrogens with two attached hydrogens (primary N) is 1. The van der Waals surface area contributed by atoms with Crippen LogP contribution in [0.1, 0.15) is 35.6 Å². The summed E-state index contributed by atoms with van der Waals surface area (Å²) in [5.41, 5.74) is 9.19. The maximum atomic E-state index is 10.2. The monoisotopic (exact) mass is 276 g/mol. The van der Waals surface area contributed by atoms with Gasteiger partial charge in [0.05, 0.1) is 12.2 Å². The molecule has 2 heterocycles. The average Bonchev–Trinajstić information content (AvgIpc) is 2.95. The smallest absolute Gasteiger partial charge is 0.119 e. The highest BCUT2D eigenvalue weighted by atomic mass is 16.5. The minimum absolute atomic E-state index is 0.0848. The number of nitrogens with zero attached hydrogens (tertiary/aromatic N) is 1. The number of phenolic OH excluding ortho intramolecular Hbond substituents is 1. The lowest BCUT2D eigenvalue weighted by Crippen LogP contribution is -2.39. The van der Waals surface area contributed by atoms with Crippen LogP contribution in [0.4, 0.5) is 0 Å². The van der Waals surface area contributed by atoms with E-state index in [9.17, 15) is 5.11 Å². The Kier molecular flexibility index (Phi) is 3.96. The van der Waals surface area contributed by atoms with E-state index in [1.54, 1.807) is 6.07 Å². The van der Waals surface area contributed by atoms with Crippen LogP contribution in [0.15, 0.2) is 12.1 Å². The fraction of sp³-hybridized carbons (Fsp3) is 0.625. The fourth-order valence-electron chi connectivity index (χ4n) is 3.54. The third-order valence-electron chi connectivity index (χ3n) is 4.54. The second-order valence-electron chi connectivity index (χ2n) is 5.99. The van der Waals surface area contributed by atoms with E-state index >= 15 is 0 Å². The molecule has 2 atom stereocenters. The lowest BCUT2D eigenvalue weighted by Gasteiger charge is -2.35. The van der Waals surface area contributed by atoms with Crippen molar-refractivity contribution in [1.82, 2.24) is 4.90 Å². The van der Waals surface area contributed by atoms with Crippen LogP contribution in [0.2, 0.25) is 0 Å². The van der Waals surface area contributed by atoms with Gasteiger partial charge in [0.25, 0.3) is 0 Å². The van der Waals surface area contributed by atoms with Crippen LogP contribution in [-0.2, 0) is 11.2 Å². The van der Waals surface area contributed by atoms with E-state index in [0.29, 0.717) is 12.3 Å². The first kappa shape index (κ1) is 13.9. The van der Waals surface area contributed by atoms with Gasteiger partial charge in [-0.1, -0.05) is 6.07 Å². The molecule has 2 aliphatic rings. The van der Waals surface area contributed by atoms with Crippen molar-refractivity contribution < 1.29 is 9.84 Å². The number of aromatic hydroxyl groups is 1. The Labute approximate surface area is 120 Å². The molecule has 1 aromatic carbocycles. The fourth-order valence-corrected chi connectivity index (χ4v) is 3.54. The number of phenols is 1. The molecule has 110 valence electrons. The highest BCUT2D eigenvalue weighted by Crippen LogP contribution is 2.37. The van der Waals surface area contributed by atoms with E-state index in [4.69, 9.17) is 10.5 Å². The van der Waals surface area contributed by atoms with E-state index < -0.39 is 0 Å². The molecule has 1 aromatic rings. The van der Waals surface area contributed by atoms with Gasteiger partial charge in [-0.3, -0.25) is 0 Å². The minimum Gasteiger partial charge on any atom is -0.508 e. The predicted molar refractivity (Wildman–Crippen MR) is 78.9 cm³/mol. The molecule has 2 aliphatic heterocycles. The Morgan fingerprint density at radius 2 is 2.10 bits per heavy atom. The molecule has 3 rings (SSSR count). The van der Waals surface area contributed by atoms with Gasteiger partial charge in [-0.2, -0.15) is 0 Å². The van der Waals surface area contributed by atoms with E-state index in [0.717, 1.165) is 29.7 Å². The van der Waals surface area contributed by atoms with Crippen LogP contribution in [0, 0.1) is 6.92 Å². The van der Waals surface area contributed by atoms with Crippen molar-refractivity contribution in [1.29, 1.82) is 0 Å². The summed E-state index contributed by atoms with van der Waals surface area (Å²) in [6, 6.07) is 3.74. The maximum absolute atomic E-state index is 10.2. The van der Waals surface area contributed by atoms with Gasteiger partial charge in [0.15, 0.2) is 0 Å². The highest BCUT2D eigenvalue weighted by Gasteiger charge is 2.31. The van der Waals surface area contributed by atoms with Gasteiger partial charge in [0.2, 0.25) is 0 Å². The van der Waals surface area contributed by atoms with Gasteiger partial charge in [-0.15, -0.1) is 0 Å². The van der Waals surface area contributed by atoms with E-state index in [1.807, 2.05) is 6.07 Å². The molecular weight excluding hydrogens is 252 g/mol. The van der Waals surface area contributed by atoms with Gasteiger partial charge in [-0.25, -0.2) is 0 Å².